The fourth-order valence-corrected chi connectivity index (χ4v) is 1.10. The summed E-state index contributed by atoms with van der Waals surface area (Å²) >= 11 is 0. The minimum Gasteiger partial charge on any atom is -0.383 e. The number of hydrogen-bond acceptors (Lipinski definition) is 4. The van der Waals surface area contributed by atoms with E-state index in [9.17, 15) is 0 Å². The lowest BCUT2D eigenvalue weighted by Crippen LogP contribution is -2.89. The molecule has 0 unspecified atom stereocenters. The zero-order chi connectivity index (χ0) is 10.8. The molecule has 0 saturated carbocycles. The van der Waals surface area contributed by atoms with E-state index < -0.39 is 0 Å². The van der Waals surface area contributed by atoms with Crippen LogP contribution in [0.3, 0.4) is 0 Å². The summed E-state index contributed by atoms with van der Waals surface area (Å²) in [7, 11) is 0. The van der Waals surface area contributed by atoms with Gasteiger partial charge in [0.15, 0.2) is 0 Å². The maximum atomic E-state index is 7.23. The largest absolute Gasteiger partial charge is 0.383 e. The van der Waals surface area contributed by atoms with Gasteiger partial charge in [-0.25, -0.2) is 4.98 Å². The van der Waals surface area contributed by atoms with Gasteiger partial charge < -0.3 is 11.1 Å². The molecule has 0 aliphatic carbocycles. The van der Waals surface area contributed by atoms with Crippen LogP contribution in [-0.4, -0.2) is 21.7 Å². The SMILES string of the molecule is CC(C)(C)[NH2+]c1ncnc(N)c1C=N. The Bertz CT molecular complexity index is 340. The molecule has 0 aliphatic rings. The first-order valence-corrected chi connectivity index (χ1v) is 4.41. The van der Waals surface area contributed by atoms with Crippen molar-refractivity contribution in [3.05, 3.63) is 11.9 Å². The number of nitrogens with one attached hydrogen (secondary N) is 1. The van der Waals surface area contributed by atoms with Gasteiger partial charge in [-0.2, -0.15) is 4.98 Å². The Morgan fingerprint density at radius 1 is 1.43 bits per heavy atom. The minimum absolute atomic E-state index is 0.0125. The van der Waals surface area contributed by atoms with E-state index in [1.54, 1.807) is 0 Å². The number of anilines is 1. The van der Waals surface area contributed by atoms with Crippen LogP contribution in [0.2, 0.25) is 0 Å². The van der Waals surface area contributed by atoms with Crippen LogP contribution in [0.15, 0.2) is 6.33 Å². The van der Waals surface area contributed by atoms with Crippen LogP contribution < -0.4 is 11.1 Å². The highest BCUT2D eigenvalue weighted by molar-refractivity contribution is 5.87. The van der Waals surface area contributed by atoms with Crippen LogP contribution in [0.25, 0.3) is 0 Å². The second-order valence-corrected chi connectivity index (χ2v) is 4.21. The molecule has 5 N–H and O–H groups in total. The summed E-state index contributed by atoms with van der Waals surface area (Å²) in [6.45, 7) is 6.21. The van der Waals surface area contributed by atoms with E-state index in [0.717, 1.165) is 5.82 Å². The van der Waals surface area contributed by atoms with Gasteiger partial charge in [0.05, 0.1) is 5.54 Å². The number of nitrogens with two attached hydrogens (primary N) is 2. The molecule has 1 aromatic rings. The van der Waals surface area contributed by atoms with Crippen molar-refractivity contribution < 1.29 is 5.32 Å². The molecule has 0 aromatic carbocycles. The van der Waals surface area contributed by atoms with Gasteiger partial charge in [-0.15, -0.1) is 0 Å². The van der Waals surface area contributed by atoms with Crippen molar-refractivity contribution in [2.75, 3.05) is 5.73 Å². The van der Waals surface area contributed by atoms with E-state index in [-0.39, 0.29) is 5.54 Å². The number of nitrogen functional groups attached to an aromatic ring is 1. The first-order valence-electron chi connectivity index (χ1n) is 4.41. The number of hydrogen-bond donors (Lipinski definition) is 3. The maximum Gasteiger partial charge on any atom is 0.238 e. The molecule has 5 nitrogen and oxygen atoms in total. The minimum atomic E-state index is 0.0125. The zero-order valence-corrected chi connectivity index (χ0v) is 8.70. The van der Waals surface area contributed by atoms with Crippen LogP contribution in [-0.2, 0) is 0 Å². The van der Waals surface area contributed by atoms with Gasteiger partial charge in [0.1, 0.15) is 17.7 Å². The van der Waals surface area contributed by atoms with Crippen LogP contribution in [0, 0.1) is 5.41 Å². The van der Waals surface area contributed by atoms with Crippen molar-refractivity contribution in [3.8, 4) is 0 Å². The van der Waals surface area contributed by atoms with Gasteiger partial charge in [-0.1, -0.05) is 0 Å². The number of rotatable bonds is 2. The molecule has 0 spiro atoms. The third-order valence-corrected chi connectivity index (χ3v) is 1.66. The van der Waals surface area contributed by atoms with Crippen molar-refractivity contribution in [2.24, 2.45) is 0 Å². The van der Waals surface area contributed by atoms with Crippen LogP contribution in [0.1, 0.15) is 26.3 Å². The molecule has 0 aliphatic heterocycles. The lowest BCUT2D eigenvalue weighted by molar-refractivity contribution is -0.645. The Morgan fingerprint density at radius 3 is 2.57 bits per heavy atom. The van der Waals surface area contributed by atoms with Crippen molar-refractivity contribution in [1.82, 2.24) is 9.97 Å². The van der Waals surface area contributed by atoms with Crippen LogP contribution in [0.5, 0.6) is 0 Å². The quantitative estimate of drug-likeness (QED) is 0.581. The van der Waals surface area contributed by atoms with E-state index in [0.29, 0.717) is 11.4 Å². The zero-order valence-electron chi connectivity index (χ0n) is 8.70. The van der Waals surface area contributed by atoms with Gasteiger partial charge in [0, 0.05) is 6.21 Å². The smallest absolute Gasteiger partial charge is 0.238 e. The Labute approximate surface area is 83.3 Å². The summed E-state index contributed by atoms with van der Waals surface area (Å²) in [6, 6.07) is 0. The summed E-state index contributed by atoms with van der Waals surface area (Å²) < 4.78 is 0. The lowest BCUT2D eigenvalue weighted by atomic mass is 10.1. The molecule has 0 fully saturated rings. The number of nitrogens with zero attached hydrogens (tertiary/aromatic N) is 2. The maximum absolute atomic E-state index is 7.23. The van der Waals surface area contributed by atoms with E-state index >= 15 is 0 Å². The lowest BCUT2D eigenvalue weighted by Gasteiger charge is -2.16. The summed E-state index contributed by atoms with van der Waals surface area (Å²) in [6.07, 6.45) is 2.60. The molecule has 0 amide bonds. The standard InChI is InChI=1S/C9H15N5/c1-9(2,3)14-8-6(4-10)7(11)12-5-13-8/h4-5,10H,1-3H3,(H3,11,12,13,14)/p+1. The first-order chi connectivity index (χ1) is 6.44. The number of aromatic nitrogens is 2. The van der Waals surface area contributed by atoms with E-state index in [4.69, 9.17) is 11.1 Å². The molecule has 0 atom stereocenters. The Balaban J connectivity index is 3.08. The second-order valence-electron chi connectivity index (χ2n) is 4.21. The fourth-order valence-electron chi connectivity index (χ4n) is 1.10. The third kappa shape index (κ3) is 2.50. The van der Waals surface area contributed by atoms with E-state index in [1.165, 1.54) is 12.5 Å². The molecule has 76 valence electrons. The monoisotopic (exact) mass is 194 g/mol. The summed E-state index contributed by atoms with van der Waals surface area (Å²) in [5.74, 6) is 1.07. The van der Waals surface area contributed by atoms with Gasteiger partial charge in [0.2, 0.25) is 5.82 Å². The predicted molar refractivity (Wildman–Crippen MR) is 55.7 cm³/mol. The Morgan fingerprint density at radius 2 is 2.07 bits per heavy atom. The normalized spacial score (nSPS) is 11.4. The van der Waals surface area contributed by atoms with E-state index in [1.807, 2.05) is 5.32 Å². The van der Waals surface area contributed by atoms with Gasteiger partial charge in [-0.3, -0.25) is 5.32 Å². The predicted octanol–water partition coefficient (Wildman–Crippen LogP) is 0.0499. The third-order valence-electron chi connectivity index (χ3n) is 1.66. The molecule has 0 saturated heterocycles. The Kier molecular flexibility index (Phi) is 2.81. The molecular formula is C9H16N5+. The van der Waals surface area contributed by atoms with Crippen LogP contribution in [0.4, 0.5) is 11.6 Å². The molecule has 1 heterocycles. The fraction of sp³-hybridized carbons (Fsp3) is 0.444. The highest BCUT2D eigenvalue weighted by Crippen LogP contribution is 2.10. The van der Waals surface area contributed by atoms with E-state index in [2.05, 4.69) is 30.7 Å². The van der Waals surface area contributed by atoms with Crippen molar-refractivity contribution >= 4 is 17.9 Å². The Hall–Kier alpha value is -1.49. The molecule has 0 radical (unpaired) electrons. The van der Waals surface area contributed by atoms with Crippen molar-refractivity contribution in [3.63, 3.8) is 0 Å². The number of quaternary nitrogens is 1. The molecular weight excluding hydrogens is 178 g/mol. The van der Waals surface area contributed by atoms with Gasteiger partial charge >= 0.3 is 0 Å². The topological polar surface area (TPSA) is 92.3 Å². The van der Waals surface area contributed by atoms with Crippen molar-refractivity contribution in [1.29, 1.82) is 5.41 Å². The summed E-state index contributed by atoms with van der Waals surface area (Å²) in [4.78, 5) is 7.93. The highest BCUT2D eigenvalue weighted by Gasteiger charge is 2.19. The van der Waals surface area contributed by atoms with Gasteiger partial charge in [0.25, 0.3) is 0 Å². The molecule has 0 bridgehead atoms. The highest BCUT2D eigenvalue weighted by atomic mass is 15.1. The average molecular weight is 194 g/mol. The average Bonchev–Trinajstić information content (AvgIpc) is 2.01. The molecule has 1 aromatic heterocycles. The summed E-state index contributed by atoms with van der Waals surface area (Å²) in [5, 5.41) is 9.21. The summed E-state index contributed by atoms with van der Waals surface area (Å²) in [5.41, 5.74) is 6.23. The molecule has 5 heteroatoms. The second kappa shape index (κ2) is 3.71. The van der Waals surface area contributed by atoms with Crippen molar-refractivity contribution in [2.45, 2.75) is 26.3 Å². The molecule has 14 heavy (non-hydrogen) atoms. The first kappa shape index (κ1) is 10.6. The molecule has 1 rings (SSSR count). The van der Waals surface area contributed by atoms with Gasteiger partial charge in [-0.05, 0) is 20.8 Å². The van der Waals surface area contributed by atoms with Crippen LogP contribution >= 0.6 is 0 Å².